The molecule has 4 nitrogen and oxygen atoms in total. The zero-order valence-corrected chi connectivity index (χ0v) is 38.4. The van der Waals surface area contributed by atoms with E-state index in [4.69, 9.17) is 4.98 Å². The minimum atomic E-state index is 0.673. The standard InChI is InChI=1S/C64H50N4/c1-44-37-50(43-65)24-31-56(44)57-32-29-53(38-45(57)2)61-42-54(64-15-7-10-36-68-64)30-33-60(61)59-12-4-3-11-58(59)55-40-48(18-16-46-20-25-51(26-21-46)62-13-5-8-34-66-62)39-49(41-55)19-17-47-22-27-52(28-23-47)63-14-6-9-35-67-63/h3-15,20-42H,16-19H2,1-2H3. The van der Waals surface area contributed by atoms with Gasteiger partial charge in [-0.1, -0.05) is 146 Å². The largest absolute Gasteiger partial charge is 0.256 e. The third-order valence-corrected chi connectivity index (χ3v) is 13.0. The predicted molar refractivity (Wildman–Crippen MR) is 280 cm³/mol. The summed E-state index contributed by atoms with van der Waals surface area (Å²) in [4.78, 5) is 13.9. The minimum absolute atomic E-state index is 0.673. The van der Waals surface area contributed by atoms with Crippen molar-refractivity contribution in [3.8, 4) is 84.3 Å². The molecule has 0 atom stereocenters. The number of hydrogen-bond acceptors (Lipinski definition) is 4. The molecule has 0 saturated heterocycles. The number of nitriles is 1. The molecule has 0 aliphatic rings. The third kappa shape index (κ3) is 9.70. The lowest BCUT2D eigenvalue weighted by atomic mass is 9.85. The molecule has 68 heavy (non-hydrogen) atoms. The molecule has 326 valence electrons. The molecule has 7 aromatic carbocycles. The molecular weight excluding hydrogens is 825 g/mol. The maximum absolute atomic E-state index is 9.54. The molecule has 0 fully saturated rings. The van der Waals surface area contributed by atoms with Crippen molar-refractivity contribution in [1.29, 1.82) is 5.26 Å². The highest BCUT2D eigenvalue weighted by molar-refractivity contribution is 5.94. The van der Waals surface area contributed by atoms with Crippen LogP contribution in [0.2, 0.25) is 0 Å². The van der Waals surface area contributed by atoms with E-state index in [1.807, 2.05) is 67.1 Å². The van der Waals surface area contributed by atoms with Crippen molar-refractivity contribution < 1.29 is 0 Å². The van der Waals surface area contributed by atoms with Crippen molar-refractivity contribution in [2.45, 2.75) is 39.5 Å². The summed E-state index contributed by atoms with van der Waals surface area (Å²) >= 11 is 0. The molecule has 10 rings (SSSR count). The summed E-state index contributed by atoms with van der Waals surface area (Å²) in [6.07, 6.45) is 9.24. The zero-order valence-electron chi connectivity index (χ0n) is 38.4. The summed E-state index contributed by atoms with van der Waals surface area (Å²) in [5.74, 6) is 0. The van der Waals surface area contributed by atoms with Crippen molar-refractivity contribution >= 4 is 0 Å². The number of hydrogen-bond donors (Lipinski definition) is 0. The quantitative estimate of drug-likeness (QED) is 0.116. The molecule has 0 bridgehead atoms. The fourth-order valence-corrected chi connectivity index (χ4v) is 9.38. The van der Waals surface area contributed by atoms with Gasteiger partial charge in [-0.15, -0.1) is 0 Å². The third-order valence-electron chi connectivity index (χ3n) is 13.0. The normalized spacial score (nSPS) is 11.0. The van der Waals surface area contributed by atoms with E-state index in [0.717, 1.165) is 92.8 Å². The van der Waals surface area contributed by atoms with Crippen LogP contribution in [-0.2, 0) is 25.7 Å². The minimum Gasteiger partial charge on any atom is -0.256 e. The van der Waals surface area contributed by atoms with Gasteiger partial charge in [0.25, 0.3) is 0 Å². The fraction of sp³-hybridized carbons (Fsp3) is 0.0938. The molecule has 4 heteroatoms. The van der Waals surface area contributed by atoms with Crippen molar-refractivity contribution in [1.82, 2.24) is 15.0 Å². The van der Waals surface area contributed by atoms with E-state index in [-0.39, 0.29) is 0 Å². The lowest BCUT2D eigenvalue weighted by Crippen LogP contribution is -1.98. The molecule has 0 N–H and O–H groups in total. The smallest absolute Gasteiger partial charge is 0.0991 e. The Morgan fingerprint density at radius 2 is 0.765 bits per heavy atom. The molecule has 10 aromatic rings. The highest BCUT2D eigenvalue weighted by Gasteiger charge is 2.17. The van der Waals surface area contributed by atoms with Crippen LogP contribution in [0.25, 0.3) is 78.3 Å². The first-order valence-electron chi connectivity index (χ1n) is 23.4. The van der Waals surface area contributed by atoms with Crippen molar-refractivity contribution in [2.24, 2.45) is 0 Å². The number of nitrogens with zero attached hydrogens (tertiary/aromatic N) is 4. The van der Waals surface area contributed by atoms with Crippen LogP contribution < -0.4 is 0 Å². The Labute approximate surface area is 400 Å². The Morgan fingerprint density at radius 1 is 0.324 bits per heavy atom. The van der Waals surface area contributed by atoms with Crippen LogP contribution in [0.1, 0.15) is 38.9 Å². The molecule has 0 unspecified atom stereocenters. The predicted octanol–water partition coefficient (Wildman–Crippen LogP) is 15.6. The van der Waals surface area contributed by atoms with Gasteiger partial charge in [-0.3, -0.25) is 15.0 Å². The van der Waals surface area contributed by atoms with Crippen molar-refractivity contribution in [2.75, 3.05) is 0 Å². The van der Waals surface area contributed by atoms with Gasteiger partial charge in [-0.2, -0.15) is 5.26 Å². The molecule has 0 saturated carbocycles. The van der Waals surface area contributed by atoms with Crippen LogP contribution in [-0.4, -0.2) is 15.0 Å². The molecule has 0 amide bonds. The van der Waals surface area contributed by atoms with Crippen LogP contribution in [0, 0.1) is 25.2 Å². The van der Waals surface area contributed by atoms with Crippen molar-refractivity contribution in [3.05, 3.63) is 258 Å². The van der Waals surface area contributed by atoms with Gasteiger partial charge < -0.3 is 0 Å². The maximum atomic E-state index is 9.54. The van der Waals surface area contributed by atoms with E-state index in [0.29, 0.717) is 5.56 Å². The van der Waals surface area contributed by atoms with Gasteiger partial charge in [0.1, 0.15) is 0 Å². The molecular formula is C64H50N4. The van der Waals surface area contributed by atoms with Gasteiger partial charge in [0.2, 0.25) is 0 Å². The number of benzene rings is 7. The summed E-state index contributed by atoms with van der Waals surface area (Å²) in [6, 6.07) is 73.8. The van der Waals surface area contributed by atoms with E-state index in [9.17, 15) is 5.26 Å². The summed E-state index contributed by atoms with van der Waals surface area (Å²) in [5.41, 5.74) is 23.8. The molecule has 0 aliphatic carbocycles. The Hall–Kier alpha value is -8.52. The van der Waals surface area contributed by atoms with Crippen molar-refractivity contribution in [3.63, 3.8) is 0 Å². The Bertz CT molecular complexity index is 3290. The Balaban J connectivity index is 1.03. The molecule has 3 heterocycles. The molecule has 0 aliphatic heterocycles. The van der Waals surface area contributed by atoms with E-state index in [1.165, 1.54) is 44.5 Å². The first-order chi connectivity index (χ1) is 33.5. The first kappa shape index (κ1) is 43.4. The summed E-state index contributed by atoms with van der Waals surface area (Å²) in [6.45, 7) is 4.26. The van der Waals surface area contributed by atoms with E-state index in [1.54, 1.807) is 0 Å². The summed E-state index contributed by atoms with van der Waals surface area (Å²) < 4.78 is 0. The lowest BCUT2D eigenvalue weighted by Gasteiger charge is -2.19. The second kappa shape index (κ2) is 19.9. The van der Waals surface area contributed by atoms with E-state index in [2.05, 4.69) is 182 Å². The van der Waals surface area contributed by atoms with Crippen LogP contribution in [0.4, 0.5) is 0 Å². The topological polar surface area (TPSA) is 62.5 Å². The van der Waals surface area contributed by atoms with Crippen LogP contribution in [0.3, 0.4) is 0 Å². The van der Waals surface area contributed by atoms with Crippen LogP contribution >= 0.6 is 0 Å². The SMILES string of the molecule is Cc1cc(C#N)ccc1-c1ccc(-c2cc(-c3ccccn3)ccc2-c2ccccc2-c2cc(CCc3ccc(-c4ccccn4)cc3)cc(CCc3ccc(-c4ccccn4)cc3)c2)cc1C. The number of pyridine rings is 3. The Kier molecular flexibility index (Phi) is 12.7. The monoisotopic (exact) mass is 874 g/mol. The first-order valence-corrected chi connectivity index (χ1v) is 23.4. The van der Waals surface area contributed by atoms with Gasteiger partial charge in [-0.05, 0) is 172 Å². The van der Waals surface area contributed by atoms with Gasteiger partial charge in [0.15, 0.2) is 0 Å². The zero-order chi connectivity index (χ0) is 46.2. The van der Waals surface area contributed by atoms with Crippen LogP contribution in [0.5, 0.6) is 0 Å². The second-order valence-electron chi connectivity index (χ2n) is 17.6. The highest BCUT2D eigenvalue weighted by atomic mass is 14.7. The molecule has 3 aromatic heterocycles. The van der Waals surface area contributed by atoms with Gasteiger partial charge in [0.05, 0.1) is 28.7 Å². The Morgan fingerprint density at radius 3 is 1.28 bits per heavy atom. The number of rotatable bonds is 13. The summed E-state index contributed by atoms with van der Waals surface area (Å²) in [7, 11) is 0. The average molecular weight is 875 g/mol. The number of aromatic nitrogens is 3. The second-order valence-corrected chi connectivity index (χ2v) is 17.6. The lowest BCUT2D eigenvalue weighted by molar-refractivity contribution is 0.931. The number of aryl methyl sites for hydroxylation is 6. The van der Waals surface area contributed by atoms with Gasteiger partial charge in [-0.25, -0.2) is 0 Å². The van der Waals surface area contributed by atoms with Crippen LogP contribution in [0.15, 0.2) is 219 Å². The van der Waals surface area contributed by atoms with Gasteiger partial charge in [0, 0.05) is 35.3 Å². The van der Waals surface area contributed by atoms with Gasteiger partial charge >= 0.3 is 0 Å². The maximum Gasteiger partial charge on any atom is 0.0991 e. The molecule has 0 spiro atoms. The summed E-state index contributed by atoms with van der Waals surface area (Å²) in [5, 5.41) is 9.54. The van der Waals surface area contributed by atoms with E-state index < -0.39 is 0 Å². The fourth-order valence-electron chi connectivity index (χ4n) is 9.38. The molecule has 0 radical (unpaired) electrons. The van der Waals surface area contributed by atoms with E-state index >= 15 is 0 Å². The average Bonchev–Trinajstić information content (AvgIpc) is 3.40. The highest BCUT2D eigenvalue weighted by Crippen LogP contribution is 2.42.